The maximum absolute atomic E-state index is 14.4. The van der Waals surface area contributed by atoms with Gasteiger partial charge in [-0.25, -0.2) is 14.1 Å². The fraction of sp³-hybridized carbons (Fsp3) is 0.158. The van der Waals surface area contributed by atoms with Gasteiger partial charge in [-0.15, -0.1) is 5.10 Å². The molecule has 2 amide bonds. The molecule has 3 heterocycles. The van der Waals surface area contributed by atoms with Crippen molar-refractivity contribution < 1.29 is 18.5 Å². The number of nitrogens with one attached hydrogen (secondary N) is 1. The molecule has 3 N–H and O–H groups in total. The van der Waals surface area contributed by atoms with E-state index in [4.69, 9.17) is 10.3 Å². The van der Waals surface area contributed by atoms with Crippen LogP contribution in [0, 0.1) is 19.7 Å². The Kier molecular flexibility index (Phi) is 4.70. The molecule has 30 heavy (non-hydrogen) atoms. The van der Waals surface area contributed by atoms with E-state index in [1.165, 1.54) is 22.9 Å². The molecule has 11 heteroatoms. The minimum Gasteiger partial charge on any atom is -0.364 e. The predicted molar refractivity (Wildman–Crippen MR) is 103 cm³/mol. The molecule has 152 valence electrons. The summed E-state index contributed by atoms with van der Waals surface area (Å²) in [5.41, 5.74) is 6.47. The highest BCUT2D eigenvalue weighted by molar-refractivity contribution is 6.13. The summed E-state index contributed by atoms with van der Waals surface area (Å²) < 4.78 is 21.1. The van der Waals surface area contributed by atoms with Crippen LogP contribution in [0.25, 0.3) is 10.9 Å². The third-order valence-corrected chi connectivity index (χ3v) is 4.48. The number of rotatable bonds is 5. The van der Waals surface area contributed by atoms with Crippen LogP contribution in [0.1, 0.15) is 38.0 Å². The number of fused-ring (bicyclic) bond motifs is 1. The van der Waals surface area contributed by atoms with E-state index >= 15 is 0 Å². The fourth-order valence-corrected chi connectivity index (χ4v) is 2.99. The minimum atomic E-state index is -0.834. The van der Waals surface area contributed by atoms with Crippen molar-refractivity contribution in [2.45, 2.75) is 20.4 Å². The summed E-state index contributed by atoms with van der Waals surface area (Å²) in [4.78, 5) is 28.5. The Morgan fingerprint density at radius 2 is 2.07 bits per heavy atom. The molecule has 4 rings (SSSR count). The molecule has 0 atom stereocenters. The van der Waals surface area contributed by atoms with Gasteiger partial charge in [0.15, 0.2) is 11.6 Å². The average molecular weight is 409 g/mol. The minimum absolute atomic E-state index is 0.0258. The summed E-state index contributed by atoms with van der Waals surface area (Å²) in [5, 5.41) is 14.3. The lowest BCUT2D eigenvalue weighted by Crippen LogP contribution is -2.18. The van der Waals surface area contributed by atoms with Crippen molar-refractivity contribution in [3.63, 3.8) is 0 Å². The van der Waals surface area contributed by atoms with Gasteiger partial charge in [-0.3, -0.25) is 9.59 Å². The number of anilines is 1. The number of halogens is 1. The van der Waals surface area contributed by atoms with Gasteiger partial charge in [0.25, 0.3) is 11.8 Å². The number of primary amides is 1. The van der Waals surface area contributed by atoms with Gasteiger partial charge in [0.1, 0.15) is 18.1 Å². The molecule has 0 aliphatic rings. The Labute approximate surface area is 168 Å². The molecule has 4 aromatic rings. The normalized spacial score (nSPS) is 11.0. The molecule has 0 radical (unpaired) electrons. The lowest BCUT2D eigenvalue weighted by Gasteiger charge is -2.09. The number of pyridine rings is 1. The first-order chi connectivity index (χ1) is 14.3. The largest absolute Gasteiger partial charge is 0.364 e. The molecule has 0 unspecified atom stereocenters. The van der Waals surface area contributed by atoms with Crippen molar-refractivity contribution in [2.24, 2.45) is 5.73 Å². The third-order valence-electron chi connectivity index (χ3n) is 4.48. The first-order valence-corrected chi connectivity index (χ1v) is 8.86. The second-order valence-corrected chi connectivity index (χ2v) is 6.62. The Morgan fingerprint density at radius 3 is 2.77 bits per heavy atom. The van der Waals surface area contributed by atoms with Crippen LogP contribution in [0.4, 0.5) is 10.2 Å². The number of nitrogens with zero attached hydrogens (tertiary/aromatic N) is 5. The van der Waals surface area contributed by atoms with Crippen LogP contribution >= 0.6 is 0 Å². The highest BCUT2D eigenvalue weighted by atomic mass is 19.1. The van der Waals surface area contributed by atoms with E-state index in [0.29, 0.717) is 11.5 Å². The van der Waals surface area contributed by atoms with Crippen LogP contribution < -0.4 is 11.1 Å². The Morgan fingerprint density at radius 1 is 1.27 bits per heavy atom. The Bertz CT molecular complexity index is 1290. The van der Waals surface area contributed by atoms with Crippen LogP contribution in [-0.4, -0.2) is 36.9 Å². The highest BCUT2D eigenvalue weighted by Gasteiger charge is 2.20. The van der Waals surface area contributed by atoms with Crippen LogP contribution in [0.3, 0.4) is 0 Å². The number of benzene rings is 1. The standard InChI is InChI=1S/C19H16FN7O3/c1-9-6-11(30-25-9)8-27-10(2)18(24-26-27)23-19(29)12-7-15(17(21)28)22-14-5-3-4-13(20)16(12)14/h3-7H,8H2,1-2H3,(H2,21,28)(H,23,29). The molecule has 0 saturated carbocycles. The summed E-state index contributed by atoms with van der Waals surface area (Å²) in [6.45, 7) is 3.78. The number of nitrogens with two attached hydrogens (primary N) is 1. The molecular weight excluding hydrogens is 393 g/mol. The summed E-state index contributed by atoms with van der Waals surface area (Å²) in [6, 6.07) is 7.03. The molecule has 3 aromatic heterocycles. The van der Waals surface area contributed by atoms with E-state index in [1.807, 2.05) is 0 Å². The molecule has 0 bridgehead atoms. The first kappa shape index (κ1) is 19.2. The SMILES string of the molecule is Cc1cc(Cn2nnc(NC(=O)c3cc(C(N)=O)nc4cccc(F)c34)c2C)on1. The summed E-state index contributed by atoms with van der Waals surface area (Å²) in [6.07, 6.45) is 0. The second-order valence-electron chi connectivity index (χ2n) is 6.62. The summed E-state index contributed by atoms with van der Waals surface area (Å²) in [7, 11) is 0. The van der Waals surface area contributed by atoms with E-state index in [9.17, 15) is 14.0 Å². The van der Waals surface area contributed by atoms with Crippen molar-refractivity contribution in [3.8, 4) is 0 Å². The maximum Gasteiger partial charge on any atom is 0.267 e. The monoisotopic (exact) mass is 409 g/mol. The van der Waals surface area contributed by atoms with Gasteiger partial charge in [0.2, 0.25) is 0 Å². The molecule has 0 saturated heterocycles. The number of aromatic nitrogens is 5. The average Bonchev–Trinajstić information content (AvgIpc) is 3.27. The number of hydrogen-bond acceptors (Lipinski definition) is 7. The first-order valence-electron chi connectivity index (χ1n) is 8.86. The van der Waals surface area contributed by atoms with E-state index in [1.54, 1.807) is 19.9 Å². The van der Waals surface area contributed by atoms with E-state index in [-0.39, 0.29) is 34.5 Å². The molecule has 0 spiro atoms. The zero-order valence-electron chi connectivity index (χ0n) is 16.0. The van der Waals surface area contributed by atoms with E-state index in [2.05, 4.69) is 25.8 Å². The lowest BCUT2D eigenvalue weighted by atomic mass is 10.1. The van der Waals surface area contributed by atoms with Gasteiger partial charge in [0, 0.05) is 11.5 Å². The Balaban J connectivity index is 1.68. The van der Waals surface area contributed by atoms with Gasteiger partial charge in [-0.05, 0) is 32.0 Å². The predicted octanol–water partition coefficient (Wildman–Crippen LogP) is 1.97. The zero-order valence-corrected chi connectivity index (χ0v) is 16.0. The third kappa shape index (κ3) is 3.48. The Hall–Kier alpha value is -4.15. The van der Waals surface area contributed by atoms with Gasteiger partial charge < -0.3 is 15.6 Å². The number of amides is 2. The lowest BCUT2D eigenvalue weighted by molar-refractivity contribution is 0.0996. The quantitative estimate of drug-likeness (QED) is 0.513. The zero-order chi connectivity index (χ0) is 21.4. The van der Waals surface area contributed by atoms with Crippen molar-refractivity contribution in [1.82, 2.24) is 25.1 Å². The van der Waals surface area contributed by atoms with Gasteiger partial charge in [-0.1, -0.05) is 16.4 Å². The van der Waals surface area contributed by atoms with Crippen molar-refractivity contribution in [1.29, 1.82) is 0 Å². The molecule has 10 nitrogen and oxygen atoms in total. The molecule has 0 aliphatic heterocycles. The highest BCUT2D eigenvalue weighted by Crippen LogP contribution is 2.23. The topological polar surface area (TPSA) is 142 Å². The van der Waals surface area contributed by atoms with Crippen LogP contribution in [0.15, 0.2) is 34.9 Å². The van der Waals surface area contributed by atoms with Crippen molar-refractivity contribution in [3.05, 3.63) is 64.6 Å². The number of hydrogen-bond donors (Lipinski definition) is 2. The molecule has 0 aliphatic carbocycles. The van der Waals surface area contributed by atoms with Gasteiger partial charge in [0.05, 0.1) is 22.5 Å². The molecule has 0 fully saturated rings. The molecular formula is C19H16FN7O3. The van der Waals surface area contributed by atoms with E-state index < -0.39 is 17.6 Å². The van der Waals surface area contributed by atoms with Crippen LogP contribution in [0.5, 0.6) is 0 Å². The van der Waals surface area contributed by atoms with Crippen molar-refractivity contribution >= 4 is 28.5 Å². The van der Waals surface area contributed by atoms with Gasteiger partial charge >= 0.3 is 0 Å². The molecule has 1 aromatic carbocycles. The number of aryl methyl sites for hydroxylation is 1. The number of carbonyl (C=O) groups is 2. The van der Waals surface area contributed by atoms with Crippen LogP contribution in [-0.2, 0) is 6.54 Å². The number of carbonyl (C=O) groups excluding carboxylic acids is 2. The fourth-order valence-electron chi connectivity index (χ4n) is 2.99. The summed E-state index contributed by atoms with van der Waals surface area (Å²) in [5.74, 6) is -1.41. The summed E-state index contributed by atoms with van der Waals surface area (Å²) >= 11 is 0. The van der Waals surface area contributed by atoms with Gasteiger partial charge in [-0.2, -0.15) is 0 Å². The maximum atomic E-state index is 14.4. The second kappa shape index (κ2) is 7.35. The smallest absolute Gasteiger partial charge is 0.267 e. The van der Waals surface area contributed by atoms with Crippen LogP contribution in [0.2, 0.25) is 0 Å². The van der Waals surface area contributed by atoms with Crippen molar-refractivity contribution in [2.75, 3.05) is 5.32 Å². The van der Waals surface area contributed by atoms with E-state index in [0.717, 1.165) is 11.8 Å².